The largest absolute Gasteiger partial charge is 0.347 e. The topological polar surface area (TPSA) is 85.8 Å². The van der Waals surface area contributed by atoms with Crippen LogP contribution in [-0.2, 0) is 0 Å². The van der Waals surface area contributed by atoms with Crippen LogP contribution >= 0.6 is 24.0 Å². The van der Waals surface area contributed by atoms with E-state index in [1.807, 2.05) is 19.9 Å². The molecule has 6 nitrogen and oxygen atoms in total. The van der Waals surface area contributed by atoms with E-state index in [9.17, 15) is 4.79 Å². The number of carbonyl (C=O) groups excluding carboxylic acids is 1. The van der Waals surface area contributed by atoms with Gasteiger partial charge in [0.25, 0.3) is 5.91 Å². The third-order valence-electron chi connectivity index (χ3n) is 3.80. The number of hydrogen-bond donors (Lipinski definition) is 2. The fourth-order valence-corrected chi connectivity index (χ4v) is 2.71. The molecule has 3 N–H and O–H groups in total. The molecule has 0 aliphatic heterocycles. The third-order valence-corrected chi connectivity index (χ3v) is 4.10. The van der Waals surface area contributed by atoms with E-state index in [4.69, 9.17) is 17.3 Å². The monoisotopic (exact) mass is 385 g/mol. The molecule has 0 aliphatic carbocycles. The first-order chi connectivity index (χ1) is 11.5. The van der Waals surface area contributed by atoms with Crippen molar-refractivity contribution in [1.82, 2.24) is 20.1 Å². The number of pyridine rings is 1. The van der Waals surface area contributed by atoms with E-state index in [1.165, 1.54) is 0 Å². The lowest BCUT2D eigenvalue weighted by molar-refractivity contribution is 0.0931. The van der Waals surface area contributed by atoms with Gasteiger partial charge in [-0.25, -0.2) is 9.67 Å². The summed E-state index contributed by atoms with van der Waals surface area (Å²) in [5.74, 6) is 0.253. The van der Waals surface area contributed by atoms with Crippen LogP contribution in [0.4, 0.5) is 0 Å². The van der Waals surface area contributed by atoms with Crippen molar-refractivity contribution in [1.29, 1.82) is 0 Å². The zero-order valence-corrected chi connectivity index (χ0v) is 16.3. The molecule has 1 amide bonds. The summed E-state index contributed by atoms with van der Waals surface area (Å²) in [5.41, 5.74) is 7.76. The number of nitrogens with zero attached hydrogens (tertiary/aromatic N) is 3. The van der Waals surface area contributed by atoms with Gasteiger partial charge in [0, 0.05) is 18.3 Å². The van der Waals surface area contributed by atoms with E-state index < -0.39 is 0 Å². The molecule has 0 fully saturated rings. The first-order valence-corrected chi connectivity index (χ1v) is 8.55. The maximum atomic E-state index is 12.5. The molecule has 0 saturated carbocycles. The number of carbonyl (C=O) groups is 1. The summed E-state index contributed by atoms with van der Waals surface area (Å²) in [4.78, 5) is 16.9. The molecule has 0 radical (unpaired) electrons. The van der Waals surface area contributed by atoms with Crippen LogP contribution < -0.4 is 11.1 Å². The predicted molar refractivity (Wildman–Crippen MR) is 103 cm³/mol. The second-order valence-corrected chi connectivity index (χ2v) is 6.29. The highest BCUT2D eigenvalue weighted by molar-refractivity contribution is 6.33. The van der Waals surface area contributed by atoms with Crippen LogP contribution in [0, 0.1) is 13.8 Å². The number of nitrogens with two attached hydrogens (primary N) is 1. The molecule has 2 rings (SSSR count). The van der Waals surface area contributed by atoms with Crippen molar-refractivity contribution in [3.05, 3.63) is 40.3 Å². The van der Waals surface area contributed by atoms with Gasteiger partial charge in [-0.2, -0.15) is 5.10 Å². The van der Waals surface area contributed by atoms with Crippen molar-refractivity contribution in [2.75, 3.05) is 6.54 Å². The van der Waals surface area contributed by atoms with Crippen molar-refractivity contribution in [2.45, 2.75) is 46.1 Å². The summed E-state index contributed by atoms with van der Waals surface area (Å²) < 4.78 is 1.69. The summed E-state index contributed by atoms with van der Waals surface area (Å²) >= 11 is 6.17. The molecule has 25 heavy (non-hydrogen) atoms. The molecule has 8 heteroatoms. The number of amides is 1. The molecule has 2 aromatic heterocycles. The van der Waals surface area contributed by atoms with Gasteiger partial charge in [-0.15, -0.1) is 12.4 Å². The standard InChI is InChI=1S/C17H24ClN5O.ClH/c1-4-5-6-13(10-19)20-17(24)16-14(18)7-8-15(21-16)23-12(3)9-11(2)22-23;/h7-9,13H,4-6,10,19H2,1-3H3,(H,20,24);1H. The van der Waals surface area contributed by atoms with Gasteiger partial charge in [0.15, 0.2) is 5.82 Å². The van der Waals surface area contributed by atoms with Gasteiger partial charge in [-0.05, 0) is 38.5 Å². The Bertz CT molecular complexity index is 717. The van der Waals surface area contributed by atoms with E-state index >= 15 is 0 Å². The second kappa shape index (κ2) is 9.75. The average Bonchev–Trinajstić information content (AvgIpc) is 2.90. The van der Waals surface area contributed by atoms with Gasteiger partial charge < -0.3 is 11.1 Å². The Balaban J connectivity index is 0.00000312. The summed E-state index contributed by atoms with van der Waals surface area (Å²) in [6, 6.07) is 5.28. The van der Waals surface area contributed by atoms with Gasteiger partial charge in [-0.1, -0.05) is 31.4 Å². The number of aryl methyl sites for hydroxylation is 2. The summed E-state index contributed by atoms with van der Waals surface area (Å²) in [7, 11) is 0. The van der Waals surface area contributed by atoms with Crippen molar-refractivity contribution in [3.63, 3.8) is 0 Å². The molecule has 2 heterocycles. The molecule has 1 unspecified atom stereocenters. The van der Waals surface area contributed by atoms with Gasteiger partial charge in [0.1, 0.15) is 5.69 Å². The highest BCUT2D eigenvalue weighted by Gasteiger charge is 2.18. The lowest BCUT2D eigenvalue weighted by Gasteiger charge is -2.17. The van der Waals surface area contributed by atoms with Crippen molar-refractivity contribution in [2.24, 2.45) is 5.73 Å². The third kappa shape index (κ3) is 5.42. The Morgan fingerprint density at radius 3 is 2.68 bits per heavy atom. The molecule has 0 saturated heterocycles. The zero-order chi connectivity index (χ0) is 17.7. The number of hydrogen-bond acceptors (Lipinski definition) is 4. The van der Waals surface area contributed by atoms with Gasteiger partial charge in [0.05, 0.1) is 10.7 Å². The highest BCUT2D eigenvalue weighted by atomic mass is 35.5. The molecule has 0 aliphatic rings. The Hall–Kier alpha value is -1.63. The quantitative estimate of drug-likeness (QED) is 0.765. The molecule has 0 spiro atoms. The van der Waals surface area contributed by atoms with Crippen LogP contribution in [0.3, 0.4) is 0 Å². The number of aromatic nitrogens is 3. The maximum Gasteiger partial charge on any atom is 0.271 e. The minimum atomic E-state index is -0.310. The molecule has 2 aromatic rings. The second-order valence-electron chi connectivity index (χ2n) is 5.89. The van der Waals surface area contributed by atoms with Crippen LogP contribution in [0.15, 0.2) is 18.2 Å². The van der Waals surface area contributed by atoms with Crippen LogP contribution in [-0.4, -0.2) is 33.3 Å². The maximum absolute atomic E-state index is 12.5. The van der Waals surface area contributed by atoms with Crippen molar-refractivity contribution < 1.29 is 4.79 Å². The molecule has 1 atom stereocenters. The van der Waals surface area contributed by atoms with Crippen LogP contribution in [0.5, 0.6) is 0 Å². The first-order valence-electron chi connectivity index (χ1n) is 8.17. The Kier molecular flexibility index (Phi) is 8.35. The molecular weight excluding hydrogens is 361 g/mol. The SMILES string of the molecule is CCCCC(CN)NC(=O)c1nc(-n2nc(C)cc2C)ccc1Cl.Cl. The van der Waals surface area contributed by atoms with Crippen LogP contribution in [0.1, 0.15) is 48.1 Å². The average molecular weight is 386 g/mol. The van der Waals surface area contributed by atoms with Gasteiger partial charge in [0.2, 0.25) is 0 Å². The summed E-state index contributed by atoms with van der Waals surface area (Å²) in [6.07, 6.45) is 2.90. The van der Waals surface area contributed by atoms with Crippen LogP contribution in [0.25, 0.3) is 5.82 Å². The van der Waals surface area contributed by atoms with Crippen molar-refractivity contribution >= 4 is 29.9 Å². The van der Waals surface area contributed by atoms with E-state index in [1.54, 1.807) is 16.8 Å². The fourth-order valence-electron chi connectivity index (χ4n) is 2.52. The van der Waals surface area contributed by atoms with E-state index in [-0.39, 0.29) is 30.0 Å². The van der Waals surface area contributed by atoms with Crippen molar-refractivity contribution in [3.8, 4) is 5.82 Å². The highest BCUT2D eigenvalue weighted by Crippen LogP contribution is 2.18. The van der Waals surface area contributed by atoms with E-state index in [0.717, 1.165) is 30.7 Å². The lowest BCUT2D eigenvalue weighted by Crippen LogP contribution is -2.40. The number of nitrogens with one attached hydrogen (secondary N) is 1. The number of halogens is 2. The summed E-state index contributed by atoms with van der Waals surface area (Å²) in [5, 5.41) is 7.61. The Labute approximate surface area is 159 Å². The first kappa shape index (κ1) is 21.4. The van der Waals surface area contributed by atoms with Crippen LogP contribution in [0.2, 0.25) is 5.02 Å². The summed E-state index contributed by atoms with van der Waals surface area (Å²) in [6.45, 7) is 6.34. The van der Waals surface area contributed by atoms with Gasteiger partial charge in [-0.3, -0.25) is 4.79 Å². The fraction of sp³-hybridized carbons (Fsp3) is 0.471. The molecule has 0 aromatic carbocycles. The zero-order valence-electron chi connectivity index (χ0n) is 14.8. The number of unbranched alkanes of at least 4 members (excludes halogenated alkanes) is 1. The van der Waals surface area contributed by atoms with Gasteiger partial charge >= 0.3 is 0 Å². The Morgan fingerprint density at radius 1 is 1.40 bits per heavy atom. The Morgan fingerprint density at radius 2 is 2.12 bits per heavy atom. The minimum absolute atomic E-state index is 0. The lowest BCUT2D eigenvalue weighted by atomic mass is 10.1. The van der Waals surface area contributed by atoms with E-state index in [0.29, 0.717) is 17.4 Å². The molecular formula is C17H25Cl2N5O. The minimum Gasteiger partial charge on any atom is -0.347 e. The number of rotatable bonds is 7. The molecule has 0 bridgehead atoms. The predicted octanol–water partition coefficient (Wildman–Crippen LogP) is 3.21. The molecule has 138 valence electrons. The smallest absolute Gasteiger partial charge is 0.271 e. The van der Waals surface area contributed by atoms with E-state index in [2.05, 4.69) is 22.3 Å². The normalized spacial score (nSPS) is 11.7.